The zero-order valence-corrected chi connectivity index (χ0v) is 7.76. The summed E-state index contributed by atoms with van der Waals surface area (Å²) in [5, 5.41) is 8.94. The Balaban J connectivity index is 2.45. The molecule has 1 aromatic carbocycles. The number of carbonyl (C=O) groups excluding carboxylic acids is 1. The first-order chi connectivity index (χ1) is 7.05. The van der Waals surface area contributed by atoms with Gasteiger partial charge in [-0.15, -0.1) is 0 Å². The molecule has 0 saturated heterocycles. The van der Waals surface area contributed by atoms with Crippen molar-refractivity contribution in [3.8, 4) is 6.07 Å². The van der Waals surface area contributed by atoms with Crippen LogP contribution >= 0.6 is 0 Å². The Morgan fingerprint density at radius 3 is 2.13 bits per heavy atom. The minimum Gasteiger partial charge on any atom is -0.300 e. The Morgan fingerprint density at radius 2 is 1.73 bits per heavy atom. The molecular formula is C11H7F2NO. The van der Waals surface area contributed by atoms with Crippen LogP contribution < -0.4 is 0 Å². The average molecular weight is 207 g/mol. The third kappa shape index (κ3) is 1.50. The van der Waals surface area contributed by atoms with Crippen LogP contribution in [0.3, 0.4) is 0 Å². The fourth-order valence-electron chi connectivity index (χ4n) is 1.80. The summed E-state index contributed by atoms with van der Waals surface area (Å²) in [7, 11) is 0. The van der Waals surface area contributed by atoms with E-state index in [-0.39, 0.29) is 24.2 Å². The summed E-state index contributed by atoms with van der Waals surface area (Å²) >= 11 is 0. The van der Waals surface area contributed by atoms with Crippen LogP contribution in [0.4, 0.5) is 8.78 Å². The lowest BCUT2D eigenvalue weighted by Gasteiger charge is -2.34. The molecule has 0 spiro atoms. The largest absolute Gasteiger partial charge is 0.300 e. The van der Waals surface area contributed by atoms with E-state index in [2.05, 4.69) is 0 Å². The smallest absolute Gasteiger partial charge is 0.136 e. The number of Topliss-reactive ketones (excluding diaryl/α,β-unsaturated/α-hetero) is 1. The Bertz CT molecular complexity index is 448. The van der Waals surface area contributed by atoms with Crippen LogP contribution in [-0.4, -0.2) is 5.78 Å². The SMILES string of the molecule is N#CC1(c2cc(F)cc(F)c2)CC(=O)C1. The van der Waals surface area contributed by atoms with Gasteiger partial charge in [0.25, 0.3) is 0 Å². The van der Waals surface area contributed by atoms with Gasteiger partial charge in [-0.1, -0.05) is 0 Å². The summed E-state index contributed by atoms with van der Waals surface area (Å²) in [6.45, 7) is 0. The maximum absolute atomic E-state index is 12.9. The minimum absolute atomic E-state index is 0.0480. The molecule has 1 aliphatic rings. The van der Waals surface area contributed by atoms with E-state index in [0.29, 0.717) is 0 Å². The summed E-state index contributed by atoms with van der Waals surface area (Å²) in [5.74, 6) is -1.50. The zero-order valence-electron chi connectivity index (χ0n) is 7.76. The fraction of sp³-hybridized carbons (Fsp3) is 0.273. The molecule has 2 nitrogen and oxygen atoms in total. The Morgan fingerprint density at radius 1 is 1.20 bits per heavy atom. The normalized spacial score (nSPS) is 18.1. The highest BCUT2D eigenvalue weighted by Crippen LogP contribution is 2.40. The highest BCUT2D eigenvalue weighted by atomic mass is 19.1. The molecule has 2 rings (SSSR count). The lowest BCUT2D eigenvalue weighted by molar-refractivity contribution is -0.126. The molecule has 15 heavy (non-hydrogen) atoms. The summed E-state index contributed by atoms with van der Waals surface area (Å²) in [5.41, 5.74) is -0.762. The third-order valence-electron chi connectivity index (χ3n) is 2.63. The molecule has 0 aromatic heterocycles. The highest BCUT2D eigenvalue weighted by Gasteiger charge is 2.45. The van der Waals surface area contributed by atoms with E-state index in [1.165, 1.54) is 0 Å². The lowest BCUT2D eigenvalue weighted by atomic mass is 9.65. The number of benzene rings is 1. The van der Waals surface area contributed by atoms with Gasteiger partial charge in [0.2, 0.25) is 0 Å². The number of ketones is 1. The number of carbonyl (C=O) groups is 1. The van der Waals surface area contributed by atoms with Crippen molar-refractivity contribution in [2.45, 2.75) is 18.3 Å². The van der Waals surface area contributed by atoms with Crippen molar-refractivity contribution in [3.63, 3.8) is 0 Å². The van der Waals surface area contributed by atoms with Gasteiger partial charge >= 0.3 is 0 Å². The number of nitriles is 1. The molecule has 1 aromatic rings. The van der Waals surface area contributed by atoms with Crippen molar-refractivity contribution in [1.82, 2.24) is 0 Å². The molecule has 0 atom stereocenters. The number of rotatable bonds is 1. The van der Waals surface area contributed by atoms with Crippen molar-refractivity contribution in [2.75, 3.05) is 0 Å². The molecule has 0 radical (unpaired) electrons. The molecule has 0 N–H and O–H groups in total. The van der Waals surface area contributed by atoms with Crippen LogP contribution in [0.5, 0.6) is 0 Å². The molecule has 0 heterocycles. The van der Waals surface area contributed by atoms with Crippen LogP contribution in [0.1, 0.15) is 18.4 Å². The molecule has 76 valence electrons. The molecule has 0 bridgehead atoms. The summed E-state index contributed by atoms with van der Waals surface area (Å²) in [4.78, 5) is 10.9. The maximum atomic E-state index is 12.9. The number of nitrogens with zero attached hydrogens (tertiary/aromatic N) is 1. The Labute approximate surface area is 85.1 Å². The molecule has 4 heteroatoms. The fourth-order valence-corrected chi connectivity index (χ4v) is 1.80. The monoisotopic (exact) mass is 207 g/mol. The molecule has 1 saturated carbocycles. The molecule has 0 amide bonds. The van der Waals surface area contributed by atoms with Crippen LogP contribution in [-0.2, 0) is 10.2 Å². The van der Waals surface area contributed by atoms with Gasteiger partial charge in [0.15, 0.2) is 0 Å². The van der Waals surface area contributed by atoms with Crippen molar-refractivity contribution in [2.24, 2.45) is 0 Å². The number of hydrogen-bond donors (Lipinski definition) is 0. The van der Waals surface area contributed by atoms with E-state index in [0.717, 1.165) is 18.2 Å². The quantitative estimate of drug-likeness (QED) is 0.707. The molecule has 0 aliphatic heterocycles. The summed E-state index contributed by atoms with van der Waals surface area (Å²) in [6.07, 6.45) is 0.0960. The van der Waals surface area contributed by atoms with Gasteiger partial charge in [0.1, 0.15) is 17.4 Å². The van der Waals surface area contributed by atoms with Crippen LogP contribution in [0.25, 0.3) is 0 Å². The molecule has 1 fully saturated rings. The van der Waals surface area contributed by atoms with Gasteiger partial charge in [-0.05, 0) is 17.7 Å². The van der Waals surface area contributed by atoms with E-state index in [1.54, 1.807) is 0 Å². The second-order valence-corrected chi connectivity index (χ2v) is 3.74. The maximum Gasteiger partial charge on any atom is 0.136 e. The Kier molecular flexibility index (Phi) is 2.04. The summed E-state index contributed by atoms with van der Waals surface area (Å²) < 4.78 is 25.8. The van der Waals surface area contributed by atoms with Gasteiger partial charge in [0.05, 0.1) is 11.5 Å². The van der Waals surface area contributed by atoms with Crippen LogP contribution in [0.2, 0.25) is 0 Å². The van der Waals surface area contributed by atoms with Crippen molar-refractivity contribution >= 4 is 5.78 Å². The van der Waals surface area contributed by atoms with Gasteiger partial charge in [-0.25, -0.2) is 8.78 Å². The minimum atomic E-state index is -1.01. The van der Waals surface area contributed by atoms with Crippen molar-refractivity contribution in [3.05, 3.63) is 35.4 Å². The second kappa shape index (κ2) is 3.13. The predicted octanol–water partition coefficient (Wildman–Crippen LogP) is 2.09. The molecule has 0 unspecified atom stereocenters. The summed E-state index contributed by atoms with van der Waals surface area (Å²) in [6, 6.07) is 4.93. The van der Waals surface area contributed by atoms with E-state index < -0.39 is 17.0 Å². The van der Waals surface area contributed by atoms with E-state index >= 15 is 0 Å². The zero-order chi connectivity index (χ0) is 11.1. The number of halogens is 2. The number of hydrogen-bond acceptors (Lipinski definition) is 2. The van der Waals surface area contributed by atoms with Gasteiger partial charge in [0, 0.05) is 18.9 Å². The predicted molar refractivity (Wildman–Crippen MR) is 47.9 cm³/mol. The van der Waals surface area contributed by atoms with E-state index in [1.807, 2.05) is 6.07 Å². The average Bonchev–Trinajstić information content (AvgIpc) is 2.10. The van der Waals surface area contributed by atoms with Crippen LogP contribution in [0.15, 0.2) is 18.2 Å². The molecule has 1 aliphatic carbocycles. The Hall–Kier alpha value is -1.76. The third-order valence-corrected chi connectivity index (χ3v) is 2.63. The standard InChI is InChI=1S/C11H7F2NO/c12-8-1-7(2-9(13)3-8)11(6-14)4-10(15)5-11/h1-3H,4-5H2. The van der Waals surface area contributed by atoms with E-state index in [4.69, 9.17) is 5.26 Å². The van der Waals surface area contributed by atoms with Crippen LogP contribution in [0, 0.1) is 23.0 Å². The van der Waals surface area contributed by atoms with Crippen molar-refractivity contribution < 1.29 is 13.6 Å². The first kappa shape index (κ1) is 9.78. The van der Waals surface area contributed by atoms with Gasteiger partial charge in [-0.3, -0.25) is 4.79 Å². The highest BCUT2D eigenvalue weighted by molar-refractivity contribution is 5.90. The lowest BCUT2D eigenvalue weighted by Crippen LogP contribution is -2.40. The topological polar surface area (TPSA) is 40.9 Å². The first-order valence-corrected chi connectivity index (χ1v) is 4.45. The van der Waals surface area contributed by atoms with Gasteiger partial charge < -0.3 is 0 Å². The molecular weight excluding hydrogens is 200 g/mol. The van der Waals surface area contributed by atoms with Gasteiger partial charge in [-0.2, -0.15) is 5.26 Å². The second-order valence-electron chi connectivity index (χ2n) is 3.74. The van der Waals surface area contributed by atoms with Crippen molar-refractivity contribution in [1.29, 1.82) is 5.26 Å². The van der Waals surface area contributed by atoms with E-state index in [9.17, 15) is 13.6 Å². The first-order valence-electron chi connectivity index (χ1n) is 4.45.